The average Bonchev–Trinajstić information content (AvgIpc) is 2.49. The Morgan fingerprint density at radius 3 is 2.81 bits per heavy atom. The Kier molecular flexibility index (Phi) is 5.45. The molecule has 0 bridgehead atoms. The van der Waals surface area contributed by atoms with Crippen LogP contribution in [0.5, 0.6) is 5.75 Å². The Morgan fingerprint density at radius 2 is 2.14 bits per heavy atom. The summed E-state index contributed by atoms with van der Waals surface area (Å²) in [7, 11) is 1.60. The molecule has 1 N–H and O–H groups in total. The second-order valence-electron chi connectivity index (χ2n) is 5.96. The van der Waals surface area contributed by atoms with E-state index >= 15 is 0 Å². The number of ether oxygens (including phenoxy) is 1. The highest BCUT2D eigenvalue weighted by Crippen LogP contribution is 2.35. The minimum atomic E-state index is -0.254. The summed E-state index contributed by atoms with van der Waals surface area (Å²) in [5, 5.41) is 3.64. The van der Waals surface area contributed by atoms with Crippen LogP contribution in [0.2, 0.25) is 0 Å². The van der Waals surface area contributed by atoms with Crippen molar-refractivity contribution in [3.63, 3.8) is 0 Å². The first-order chi connectivity index (χ1) is 10.1. The minimum absolute atomic E-state index is 0.254. The Balaban J connectivity index is 2.15. The molecule has 1 aliphatic heterocycles. The quantitative estimate of drug-likeness (QED) is 0.900. The summed E-state index contributed by atoms with van der Waals surface area (Å²) in [6, 6.07) is 5.76. The molecule has 3 unspecified atom stereocenters. The van der Waals surface area contributed by atoms with Crippen molar-refractivity contribution in [3.8, 4) is 5.75 Å². The Morgan fingerprint density at radius 1 is 1.38 bits per heavy atom. The van der Waals surface area contributed by atoms with Gasteiger partial charge in [-0.25, -0.2) is 4.39 Å². The summed E-state index contributed by atoms with van der Waals surface area (Å²) in [4.78, 5) is 2.34. The zero-order chi connectivity index (χ0) is 15.4. The van der Waals surface area contributed by atoms with E-state index < -0.39 is 0 Å². The van der Waals surface area contributed by atoms with Crippen LogP contribution < -0.4 is 15.0 Å². The predicted molar refractivity (Wildman–Crippen MR) is 85.6 cm³/mol. The van der Waals surface area contributed by atoms with E-state index in [0.717, 1.165) is 31.6 Å². The lowest BCUT2D eigenvalue weighted by Crippen LogP contribution is -2.53. The van der Waals surface area contributed by atoms with Crippen molar-refractivity contribution in [1.29, 1.82) is 0 Å². The number of anilines is 1. The highest BCUT2D eigenvalue weighted by atomic mass is 19.1. The maximum Gasteiger partial charge on any atom is 0.145 e. The van der Waals surface area contributed by atoms with E-state index in [1.807, 2.05) is 6.07 Å². The highest BCUT2D eigenvalue weighted by molar-refractivity contribution is 5.59. The van der Waals surface area contributed by atoms with Gasteiger partial charge in [0.1, 0.15) is 11.6 Å². The van der Waals surface area contributed by atoms with Crippen molar-refractivity contribution in [2.45, 2.75) is 45.7 Å². The zero-order valence-corrected chi connectivity index (χ0v) is 13.5. The first kappa shape index (κ1) is 16.1. The smallest absolute Gasteiger partial charge is 0.145 e. The number of rotatable bonds is 5. The van der Waals surface area contributed by atoms with Gasteiger partial charge in [-0.2, -0.15) is 0 Å². The van der Waals surface area contributed by atoms with E-state index in [9.17, 15) is 4.39 Å². The van der Waals surface area contributed by atoms with Gasteiger partial charge in [-0.05, 0) is 44.4 Å². The Labute approximate surface area is 127 Å². The number of nitrogens with one attached hydrogen (secondary N) is 1. The van der Waals surface area contributed by atoms with Crippen LogP contribution in [0.3, 0.4) is 0 Å². The van der Waals surface area contributed by atoms with Crippen LogP contribution in [0.15, 0.2) is 18.2 Å². The molecule has 1 fully saturated rings. The molecule has 1 heterocycles. The number of piperidine rings is 1. The monoisotopic (exact) mass is 294 g/mol. The molecule has 3 nitrogen and oxygen atoms in total. The molecule has 1 aliphatic rings. The predicted octanol–water partition coefficient (Wildman–Crippen LogP) is 3.44. The Bertz CT molecular complexity index is 466. The largest absolute Gasteiger partial charge is 0.494 e. The SMILES string of the molecule is CCCNC1CCN(c2ccc(F)cc2OC)C(C)C1C. The molecule has 118 valence electrons. The number of benzene rings is 1. The molecular weight excluding hydrogens is 267 g/mol. The van der Waals surface area contributed by atoms with E-state index in [1.54, 1.807) is 7.11 Å². The molecule has 4 heteroatoms. The van der Waals surface area contributed by atoms with Crippen LogP contribution in [-0.4, -0.2) is 32.3 Å². The first-order valence-corrected chi connectivity index (χ1v) is 7.92. The van der Waals surface area contributed by atoms with Gasteiger partial charge in [0.05, 0.1) is 12.8 Å². The summed E-state index contributed by atoms with van der Waals surface area (Å²) in [6.07, 6.45) is 2.26. The third kappa shape index (κ3) is 3.49. The zero-order valence-electron chi connectivity index (χ0n) is 13.5. The van der Waals surface area contributed by atoms with Crippen LogP contribution >= 0.6 is 0 Å². The Hall–Kier alpha value is -1.29. The van der Waals surface area contributed by atoms with Crippen molar-refractivity contribution in [1.82, 2.24) is 5.32 Å². The number of methoxy groups -OCH3 is 1. The normalized spacial score (nSPS) is 26.0. The molecule has 21 heavy (non-hydrogen) atoms. The maximum absolute atomic E-state index is 13.4. The molecule has 1 aromatic carbocycles. The lowest BCUT2D eigenvalue weighted by Gasteiger charge is -2.44. The fraction of sp³-hybridized carbons (Fsp3) is 0.647. The summed E-state index contributed by atoms with van der Waals surface area (Å²) in [5.74, 6) is 0.907. The summed E-state index contributed by atoms with van der Waals surface area (Å²) < 4.78 is 18.7. The standard InChI is InChI=1S/C17H27FN2O/c1-5-9-19-15-8-10-20(13(3)12(15)2)16-7-6-14(18)11-17(16)21-4/h6-7,11-13,15,19H,5,8-10H2,1-4H3. The highest BCUT2D eigenvalue weighted by Gasteiger charge is 2.33. The minimum Gasteiger partial charge on any atom is -0.494 e. The van der Waals surface area contributed by atoms with Gasteiger partial charge in [0.2, 0.25) is 0 Å². The van der Waals surface area contributed by atoms with Gasteiger partial charge in [0, 0.05) is 24.7 Å². The summed E-state index contributed by atoms with van der Waals surface area (Å²) in [6.45, 7) is 8.77. The lowest BCUT2D eigenvalue weighted by atomic mass is 9.86. The van der Waals surface area contributed by atoms with Crippen LogP contribution in [0.1, 0.15) is 33.6 Å². The van der Waals surface area contributed by atoms with Crippen molar-refractivity contribution in [2.24, 2.45) is 5.92 Å². The third-order valence-corrected chi connectivity index (χ3v) is 4.68. The van der Waals surface area contributed by atoms with Gasteiger partial charge in [0.25, 0.3) is 0 Å². The summed E-state index contributed by atoms with van der Waals surface area (Å²) in [5.41, 5.74) is 0.993. The van der Waals surface area contributed by atoms with Gasteiger partial charge in [-0.3, -0.25) is 0 Å². The van der Waals surface area contributed by atoms with Crippen LogP contribution in [0, 0.1) is 11.7 Å². The van der Waals surface area contributed by atoms with Crippen molar-refractivity contribution in [3.05, 3.63) is 24.0 Å². The molecule has 1 aromatic rings. The van der Waals surface area contributed by atoms with Gasteiger partial charge < -0.3 is 15.0 Å². The number of hydrogen-bond donors (Lipinski definition) is 1. The molecule has 2 rings (SSSR count). The topological polar surface area (TPSA) is 24.5 Å². The molecule has 0 aliphatic carbocycles. The average molecular weight is 294 g/mol. The van der Waals surface area contributed by atoms with E-state index in [-0.39, 0.29) is 5.82 Å². The van der Waals surface area contributed by atoms with E-state index in [2.05, 4.69) is 31.0 Å². The molecular formula is C17H27FN2O. The molecule has 0 amide bonds. The molecule has 1 saturated heterocycles. The molecule has 0 saturated carbocycles. The first-order valence-electron chi connectivity index (χ1n) is 7.92. The van der Waals surface area contributed by atoms with Gasteiger partial charge in [-0.1, -0.05) is 13.8 Å². The number of nitrogens with zero attached hydrogens (tertiary/aromatic N) is 1. The van der Waals surface area contributed by atoms with Crippen molar-refractivity contribution < 1.29 is 9.13 Å². The van der Waals surface area contributed by atoms with Crippen LogP contribution in [0.25, 0.3) is 0 Å². The fourth-order valence-corrected chi connectivity index (χ4v) is 3.21. The van der Waals surface area contributed by atoms with E-state index in [4.69, 9.17) is 4.74 Å². The molecule has 0 radical (unpaired) electrons. The third-order valence-electron chi connectivity index (χ3n) is 4.68. The second-order valence-corrected chi connectivity index (χ2v) is 5.96. The van der Waals surface area contributed by atoms with E-state index in [1.165, 1.54) is 12.1 Å². The van der Waals surface area contributed by atoms with Gasteiger partial charge >= 0.3 is 0 Å². The van der Waals surface area contributed by atoms with Gasteiger partial charge in [-0.15, -0.1) is 0 Å². The lowest BCUT2D eigenvalue weighted by molar-refractivity contribution is 0.269. The van der Waals surface area contributed by atoms with Crippen LogP contribution in [0.4, 0.5) is 10.1 Å². The summed E-state index contributed by atoms with van der Waals surface area (Å²) >= 11 is 0. The maximum atomic E-state index is 13.4. The number of halogens is 1. The molecule has 0 aromatic heterocycles. The second kappa shape index (κ2) is 7.12. The fourth-order valence-electron chi connectivity index (χ4n) is 3.21. The molecule has 0 spiro atoms. The van der Waals surface area contributed by atoms with Crippen molar-refractivity contribution in [2.75, 3.05) is 25.1 Å². The number of hydrogen-bond acceptors (Lipinski definition) is 3. The molecule has 3 atom stereocenters. The van der Waals surface area contributed by atoms with Crippen molar-refractivity contribution >= 4 is 5.69 Å². The van der Waals surface area contributed by atoms with Crippen LogP contribution in [-0.2, 0) is 0 Å². The van der Waals surface area contributed by atoms with E-state index in [0.29, 0.717) is 23.8 Å². The van der Waals surface area contributed by atoms with Gasteiger partial charge in [0.15, 0.2) is 0 Å².